The number of carbonyl (C=O) groups excluding carboxylic acids is 3. The fraction of sp³-hybridized carbons (Fsp3) is 0.167. The minimum Gasteiger partial charge on any atom is -0.322 e. The predicted molar refractivity (Wildman–Crippen MR) is 94.0 cm³/mol. The molecule has 4 amide bonds. The van der Waals surface area contributed by atoms with E-state index >= 15 is 0 Å². The molecule has 3 rings (SSSR count). The molecule has 1 aliphatic heterocycles. The standard InChI is InChI=1S/C18H13ClF3N3O3/c1-18(11-4-2-9(20)6-12(11)19)16(27)25(17(28)24-18)8-15(26)23-14-7-10(21)3-5-13(14)22/h2-7H,8H2,1H3,(H,23,26)(H,24,28). The third kappa shape index (κ3) is 3.53. The van der Waals surface area contributed by atoms with Gasteiger partial charge in [0.05, 0.1) is 5.69 Å². The highest BCUT2D eigenvalue weighted by Gasteiger charge is 2.50. The molecule has 1 aliphatic rings. The quantitative estimate of drug-likeness (QED) is 0.759. The summed E-state index contributed by atoms with van der Waals surface area (Å²) in [4.78, 5) is 37.7. The van der Waals surface area contributed by atoms with Crippen LogP contribution in [-0.4, -0.2) is 29.3 Å². The van der Waals surface area contributed by atoms with Gasteiger partial charge in [0.15, 0.2) is 0 Å². The molecule has 1 heterocycles. The summed E-state index contributed by atoms with van der Waals surface area (Å²) in [6, 6.07) is 4.90. The lowest BCUT2D eigenvalue weighted by molar-refractivity contribution is -0.133. The third-order valence-corrected chi connectivity index (χ3v) is 4.56. The number of halogens is 4. The molecule has 1 unspecified atom stereocenters. The van der Waals surface area contributed by atoms with Crippen LogP contribution in [0, 0.1) is 17.5 Å². The Morgan fingerprint density at radius 2 is 1.79 bits per heavy atom. The molecule has 146 valence electrons. The van der Waals surface area contributed by atoms with E-state index in [1.807, 2.05) is 0 Å². The highest BCUT2D eigenvalue weighted by Crippen LogP contribution is 2.34. The molecule has 2 N–H and O–H groups in total. The van der Waals surface area contributed by atoms with Gasteiger partial charge in [-0.15, -0.1) is 0 Å². The topological polar surface area (TPSA) is 78.5 Å². The highest BCUT2D eigenvalue weighted by atomic mass is 35.5. The molecule has 28 heavy (non-hydrogen) atoms. The molecule has 6 nitrogen and oxygen atoms in total. The molecule has 0 aliphatic carbocycles. The van der Waals surface area contributed by atoms with Crippen molar-refractivity contribution in [2.24, 2.45) is 0 Å². The van der Waals surface area contributed by atoms with Crippen molar-refractivity contribution in [2.75, 3.05) is 11.9 Å². The average Bonchev–Trinajstić information content (AvgIpc) is 2.82. The van der Waals surface area contributed by atoms with E-state index in [1.54, 1.807) is 0 Å². The van der Waals surface area contributed by atoms with Crippen LogP contribution in [0.2, 0.25) is 5.02 Å². The van der Waals surface area contributed by atoms with Gasteiger partial charge in [0.2, 0.25) is 5.91 Å². The SMILES string of the molecule is CC1(c2ccc(F)cc2Cl)NC(=O)N(CC(=O)Nc2cc(F)ccc2F)C1=O. The van der Waals surface area contributed by atoms with Crippen LogP contribution in [0.15, 0.2) is 36.4 Å². The summed E-state index contributed by atoms with van der Waals surface area (Å²) in [7, 11) is 0. The smallest absolute Gasteiger partial charge is 0.322 e. The largest absolute Gasteiger partial charge is 0.325 e. The first-order valence-electron chi connectivity index (χ1n) is 7.96. The second-order valence-corrected chi connectivity index (χ2v) is 6.65. The molecule has 1 fully saturated rings. The van der Waals surface area contributed by atoms with E-state index in [2.05, 4.69) is 10.6 Å². The summed E-state index contributed by atoms with van der Waals surface area (Å²) in [5.41, 5.74) is -1.90. The first-order valence-corrected chi connectivity index (χ1v) is 8.34. The first kappa shape index (κ1) is 19.7. The Morgan fingerprint density at radius 3 is 2.46 bits per heavy atom. The number of carbonyl (C=O) groups is 3. The van der Waals surface area contributed by atoms with Gasteiger partial charge < -0.3 is 10.6 Å². The monoisotopic (exact) mass is 411 g/mol. The Bertz CT molecular complexity index is 1000. The van der Waals surface area contributed by atoms with Crippen molar-refractivity contribution in [1.82, 2.24) is 10.2 Å². The number of amides is 4. The van der Waals surface area contributed by atoms with Crippen LogP contribution in [0.4, 0.5) is 23.7 Å². The molecule has 2 aromatic rings. The Morgan fingerprint density at radius 1 is 1.14 bits per heavy atom. The zero-order valence-electron chi connectivity index (χ0n) is 14.4. The molecule has 1 saturated heterocycles. The average molecular weight is 412 g/mol. The van der Waals surface area contributed by atoms with Gasteiger partial charge in [-0.05, 0) is 31.2 Å². The van der Waals surface area contributed by atoms with Crippen molar-refractivity contribution in [3.05, 3.63) is 64.4 Å². The van der Waals surface area contributed by atoms with E-state index in [4.69, 9.17) is 11.6 Å². The molecule has 2 aromatic carbocycles. The van der Waals surface area contributed by atoms with Crippen LogP contribution >= 0.6 is 11.6 Å². The molecule has 0 bridgehead atoms. The van der Waals surface area contributed by atoms with E-state index in [0.717, 1.165) is 30.3 Å². The summed E-state index contributed by atoms with van der Waals surface area (Å²) in [6.45, 7) is 0.617. The molecular formula is C18H13ClF3N3O3. The van der Waals surface area contributed by atoms with E-state index in [9.17, 15) is 27.6 Å². The van der Waals surface area contributed by atoms with Crippen LogP contribution in [0.3, 0.4) is 0 Å². The fourth-order valence-electron chi connectivity index (χ4n) is 2.84. The van der Waals surface area contributed by atoms with Gasteiger partial charge in [0, 0.05) is 16.7 Å². The number of urea groups is 1. The summed E-state index contributed by atoms with van der Waals surface area (Å²) in [5, 5.41) is 4.44. The zero-order valence-corrected chi connectivity index (χ0v) is 15.1. The number of benzene rings is 2. The molecule has 0 saturated carbocycles. The predicted octanol–water partition coefficient (Wildman–Crippen LogP) is 3.16. The van der Waals surface area contributed by atoms with Crippen molar-refractivity contribution >= 4 is 35.1 Å². The number of hydrogen-bond donors (Lipinski definition) is 2. The number of nitrogens with one attached hydrogen (secondary N) is 2. The van der Waals surface area contributed by atoms with Gasteiger partial charge in [-0.2, -0.15) is 0 Å². The highest BCUT2D eigenvalue weighted by molar-refractivity contribution is 6.32. The number of rotatable bonds is 4. The van der Waals surface area contributed by atoms with Crippen LogP contribution in [-0.2, 0) is 15.1 Å². The fourth-order valence-corrected chi connectivity index (χ4v) is 3.20. The summed E-state index contributed by atoms with van der Waals surface area (Å²) in [5.74, 6) is -3.99. The molecule has 10 heteroatoms. The Hall–Kier alpha value is -3.07. The van der Waals surface area contributed by atoms with Gasteiger partial charge in [-0.25, -0.2) is 18.0 Å². The van der Waals surface area contributed by atoms with Crippen LogP contribution in [0.1, 0.15) is 12.5 Å². The molecule has 0 radical (unpaired) electrons. The van der Waals surface area contributed by atoms with Gasteiger partial charge in [0.1, 0.15) is 29.5 Å². The first-order chi connectivity index (χ1) is 13.1. The number of hydrogen-bond acceptors (Lipinski definition) is 3. The molecule has 0 spiro atoms. The minimum atomic E-state index is -1.62. The summed E-state index contributed by atoms with van der Waals surface area (Å²) in [6.07, 6.45) is 0. The van der Waals surface area contributed by atoms with E-state index in [1.165, 1.54) is 13.0 Å². The lowest BCUT2D eigenvalue weighted by atomic mass is 9.92. The summed E-state index contributed by atoms with van der Waals surface area (Å²) < 4.78 is 40.1. The van der Waals surface area contributed by atoms with Crippen LogP contribution in [0.25, 0.3) is 0 Å². The van der Waals surface area contributed by atoms with Crippen molar-refractivity contribution in [2.45, 2.75) is 12.5 Å². The van der Waals surface area contributed by atoms with Gasteiger partial charge in [-0.1, -0.05) is 17.7 Å². The van der Waals surface area contributed by atoms with Gasteiger partial charge >= 0.3 is 6.03 Å². The summed E-state index contributed by atoms with van der Waals surface area (Å²) >= 11 is 5.99. The number of anilines is 1. The normalized spacial score (nSPS) is 19.0. The minimum absolute atomic E-state index is 0.0794. The molecule has 1 atom stereocenters. The lowest BCUT2D eigenvalue weighted by Gasteiger charge is -2.23. The lowest BCUT2D eigenvalue weighted by Crippen LogP contribution is -2.42. The van der Waals surface area contributed by atoms with E-state index in [-0.39, 0.29) is 10.6 Å². The van der Waals surface area contributed by atoms with Crippen molar-refractivity contribution in [3.63, 3.8) is 0 Å². The van der Waals surface area contributed by atoms with E-state index < -0.39 is 53.1 Å². The van der Waals surface area contributed by atoms with Gasteiger partial charge in [0.25, 0.3) is 5.91 Å². The van der Waals surface area contributed by atoms with Crippen LogP contribution in [0.5, 0.6) is 0 Å². The Kier molecular flexibility index (Phi) is 5.03. The maximum atomic E-state index is 13.6. The third-order valence-electron chi connectivity index (χ3n) is 4.25. The second-order valence-electron chi connectivity index (χ2n) is 6.24. The van der Waals surface area contributed by atoms with Gasteiger partial charge in [-0.3, -0.25) is 14.5 Å². The molecular weight excluding hydrogens is 399 g/mol. The van der Waals surface area contributed by atoms with Crippen molar-refractivity contribution < 1.29 is 27.6 Å². The Balaban J connectivity index is 1.80. The van der Waals surface area contributed by atoms with E-state index in [0.29, 0.717) is 4.90 Å². The van der Waals surface area contributed by atoms with Crippen molar-refractivity contribution in [1.29, 1.82) is 0 Å². The maximum absolute atomic E-state index is 13.6. The van der Waals surface area contributed by atoms with Crippen LogP contribution < -0.4 is 10.6 Å². The zero-order chi connectivity index (χ0) is 20.6. The van der Waals surface area contributed by atoms with Crippen molar-refractivity contribution in [3.8, 4) is 0 Å². The number of imide groups is 1. The maximum Gasteiger partial charge on any atom is 0.325 e. The molecule has 0 aromatic heterocycles. The second kappa shape index (κ2) is 7.16. The Labute approximate surface area is 162 Å². The number of nitrogens with zero attached hydrogens (tertiary/aromatic N) is 1.